The van der Waals surface area contributed by atoms with E-state index in [9.17, 15) is 13.6 Å². The molecule has 0 N–H and O–H groups in total. The minimum atomic E-state index is -0.244. The van der Waals surface area contributed by atoms with Crippen LogP contribution in [0.4, 0.5) is 8.78 Å². The van der Waals surface area contributed by atoms with E-state index in [1.165, 1.54) is 34.1 Å². The fourth-order valence-electron chi connectivity index (χ4n) is 5.72. The predicted molar refractivity (Wildman–Crippen MR) is 185 cm³/mol. The molecule has 0 amide bonds. The first-order valence-corrected chi connectivity index (χ1v) is 17.0. The van der Waals surface area contributed by atoms with Crippen molar-refractivity contribution in [2.45, 2.75) is 6.04 Å². The van der Waals surface area contributed by atoms with Gasteiger partial charge in [-0.05, 0) is 41.0 Å². The number of benzene rings is 5. The number of aromatic nitrogens is 1. The van der Waals surface area contributed by atoms with Crippen LogP contribution in [-0.2, 0) is 0 Å². The van der Waals surface area contributed by atoms with Crippen molar-refractivity contribution in [1.29, 1.82) is 0 Å². The zero-order valence-corrected chi connectivity index (χ0v) is 27.1. The quantitative estimate of drug-likeness (QED) is 0.165. The molecule has 46 heavy (non-hydrogen) atoms. The second kappa shape index (κ2) is 15.3. The van der Waals surface area contributed by atoms with Crippen LogP contribution in [-0.4, -0.2) is 60.8 Å². The molecule has 0 unspecified atom stereocenters. The molecule has 2 heterocycles. The summed E-state index contributed by atoms with van der Waals surface area (Å²) in [7, 11) is 0. The molecule has 7 heteroatoms. The third-order valence-electron chi connectivity index (χ3n) is 8.10. The molecule has 5 aromatic carbocycles. The molecule has 4 nitrogen and oxygen atoms in total. The molecule has 1 aromatic heterocycles. The van der Waals surface area contributed by atoms with E-state index in [0.29, 0.717) is 0 Å². The van der Waals surface area contributed by atoms with Gasteiger partial charge in [-0.1, -0.05) is 66.7 Å². The SMILES string of the molecule is Fc1ccc(C(c2ccc(F)cc2)N2CCN(C/C=C/c3ccccc3)CC2)cc1.O=c1c2ccccc2[se]n1-c1ccccc1. The summed E-state index contributed by atoms with van der Waals surface area (Å²) in [5.41, 5.74) is 4.38. The topological polar surface area (TPSA) is 28.5 Å². The minimum absolute atomic E-state index is 0.00629. The first-order valence-electron chi connectivity index (χ1n) is 15.4. The Morgan fingerprint density at radius 3 is 1.78 bits per heavy atom. The van der Waals surface area contributed by atoms with Crippen molar-refractivity contribution in [3.8, 4) is 5.69 Å². The monoisotopic (exact) mass is 679 g/mol. The molecule has 0 bridgehead atoms. The van der Waals surface area contributed by atoms with Crippen LogP contribution in [0.5, 0.6) is 0 Å². The van der Waals surface area contributed by atoms with Crippen molar-refractivity contribution in [3.63, 3.8) is 0 Å². The van der Waals surface area contributed by atoms with Gasteiger partial charge in [0.25, 0.3) is 0 Å². The molecule has 0 atom stereocenters. The summed E-state index contributed by atoms with van der Waals surface area (Å²) in [5.74, 6) is -0.488. The van der Waals surface area contributed by atoms with Gasteiger partial charge in [0.05, 0.1) is 6.04 Å². The van der Waals surface area contributed by atoms with Crippen LogP contribution in [0.25, 0.3) is 21.4 Å². The summed E-state index contributed by atoms with van der Waals surface area (Å²) in [6.45, 7) is 4.63. The molecule has 1 aliphatic heterocycles. The summed E-state index contributed by atoms with van der Waals surface area (Å²) in [5, 5.41) is 0.853. The summed E-state index contributed by atoms with van der Waals surface area (Å²) < 4.78 is 30.0. The Morgan fingerprint density at radius 2 is 1.20 bits per heavy atom. The van der Waals surface area contributed by atoms with E-state index in [0.717, 1.165) is 54.9 Å². The molecule has 6 aromatic rings. The Bertz CT molecular complexity index is 1870. The standard InChI is InChI=1S/C26H26F2N2.C13H9NOSe/c27-24-12-8-22(9-13-24)26(23-10-14-25(28)15-11-23)30-19-17-29(18-20-30)16-4-7-21-5-2-1-3-6-21;15-13-11-8-4-5-9-12(11)16-14(13)10-6-2-1-3-7-10/h1-15,26H,16-20H2;1-9H/b7-4+;. The summed E-state index contributed by atoms with van der Waals surface area (Å²) >= 11 is 0.0784. The number of piperazine rings is 1. The third-order valence-corrected chi connectivity index (χ3v) is 10.4. The van der Waals surface area contributed by atoms with Crippen LogP contribution in [0, 0.1) is 11.6 Å². The average Bonchev–Trinajstić information content (AvgIpc) is 3.44. The number of fused-ring (bicyclic) bond motifs is 1. The van der Waals surface area contributed by atoms with Gasteiger partial charge in [0.15, 0.2) is 0 Å². The molecule has 0 aliphatic carbocycles. The predicted octanol–water partition coefficient (Wildman–Crippen LogP) is 7.43. The molecule has 0 saturated carbocycles. The summed E-state index contributed by atoms with van der Waals surface area (Å²) in [6.07, 6.45) is 4.37. The first kappa shape index (κ1) is 31.6. The number of rotatable bonds is 7. The number of para-hydroxylation sites is 1. The number of halogens is 2. The summed E-state index contributed by atoms with van der Waals surface area (Å²) in [4.78, 5) is 17.0. The fraction of sp³-hybridized carbons (Fsp3) is 0.154. The maximum absolute atomic E-state index is 13.5. The van der Waals surface area contributed by atoms with Crippen molar-refractivity contribution >= 4 is 30.5 Å². The van der Waals surface area contributed by atoms with Crippen molar-refractivity contribution in [1.82, 2.24) is 13.4 Å². The molecular formula is C39H35F2N3OSe. The fourth-order valence-corrected chi connectivity index (χ4v) is 7.81. The van der Waals surface area contributed by atoms with E-state index in [2.05, 4.69) is 34.1 Å². The Morgan fingerprint density at radius 1 is 0.652 bits per heavy atom. The van der Waals surface area contributed by atoms with Crippen LogP contribution in [0.15, 0.2) is 144 Å². The van der Waals surface area contributed by atoms with Crippen LogP contribution in [0.2, 0.25) is 0 Å². The second-order valence-corrected chi connectivity index (χ2v) is 13.2. The Labute approximate surface area is 274 Å². The van der Waals surface area contributed by atoms with Gasteiger partial charge in [-0.3, -0.25) is 9.80 Å². The van der Waals surface area contributed by atoms with Crippen LogP contribution < -0.4 is 5.56 Å². The van der Waals surface area contributed by atoms with Crippen LogP contribution >= 0.6 is 0 Å². The van der Waals surface area contributed by atoms with Crippen LogP contribution in [0.1, 0.15) is 22.7 Å². The van der Waals surface area contributed by atoms with Gasteiger partial charge >= 0.3 is 98.6 Å². The van der Waals surface area contributed by atoms with Crippen LogP contribution in [0.3, 0.4) is 0 Å². The van der Waals surface area contributed by atoms with Gasteiger partial charge in [0, 0.05) is 32.7 Å². The normalized spacial score (nSPS) is 14.1. The molecule has 232 valence electrons. The van der Waals surface area contributed by atoms with Gasteiger partial charge in [0.1, 0.15) is 11.6 Å². The van der Waals surface area contributed by atoms with E-state index in [1.54, 1.807) is 0 Å². The Balaban J connectivity index is 0.000000194. The molecule has 0 radical (unpaired) electrons. The van der Waals surface area contributed by atoms with Gasteiger partial charge in [-0.15, -0.1) is 0 Å². The van der Waals surface area contributed by atoms with Gasteiger partial charge in [-0.25, -0.2) is 8.78 Å². The van der Waals surface area contributed by atoms with Gasteiger partial charge in [-0.2, -0.15) is 0 Å². The molecule has 1 saturated heterocycles. The first-order chi connectivity index (χ1) is 22.5. The number of nitrogens with zero attached hydrogens (tertiary/aromatic N) is 3. The van der Waals surface area contributed by atoms with Crippen molar-refractivity contribution in [2.75, 3.05) is 32.7 Å². The van der Waals surface area contributed by atoms with Crippen molar-refractivity contribution < 1.29 is 8.78 Å². The zero-order valence-electron chi connectivity index (χ0n) is 25.4. The van der Waals surface area contributed by atoms with Crippen molar-refractivity contribution in [3.05, 3.63) is 178 Å². The third kappa shape index (κ3) is 7.87. The Kier molecular flexibility index (Phi) is 10.5. The van der Waals surface area contributed by atoms with E-state index in [1.807, 2.05) is 101 Å². The molecule has 0 spiro atoms. The van der Waals surface area contributed by atoms with E-state index >= 15 is 0 Å². The zero-order chi connectivity index (χ0) is 31.7. The van der Waals surface area contributed by atoms with Gasteiger partial charge in [0.2, 0.25) is 0 Å². The van der Waals surface area contributed by atoms with Crippen molar-refractivity contribution in [2.24, 2.45) is 0 Å². The van der Waals surface area contributed by atoms with E-state index < -0.39 is 0 Å². The van der Waals surface area contributed by atoms with E-state index in [-0.39, 0.29) is 38.0 Å². The molecule has 1 fully saturated rings. The molecule has 7 rings (SSSR count). The Hall–Kier alpha value is -4.39. The molecule has 1 aliphatic rings. The molecular weight excluding hydrogens is 643 g/mol. The second-order valence-electron chi connectivity index (χ2n) is 11.2. The van der Waals surface area contributed by atoms with Gasteiger partial charge < -0.3 is 0 Å². The number of hydrogen-bond donors (Lipinski definition) is 0. The number of hydrogen-bond acceptors (Lipinski definition) is 3. The summed E-state index contributed by atoms with van der Waals surface area (Å²) in [6, 6.07) is 41.3. The maximum atomic E-state index is 13.5. The average molecular weight is 679 g/mol. The van der Waals surface area contributed by atoms with E-state index in [4.69, 9.17) is 0 Å².